The SMILES string of the molecule is CN=C(NCCC1CC2CCC1C2)N1CC2C3CCC(O3)C2C1.I. The Morgan fingerprint density at radius 1 is 1.08 bits per heavy atom. The summed E-state index contributed by atoms with van der Waals surface area (Å²) in [6.45, 7) is 3.41. The number of fused-ring (bicyclic) bond motifs is 7. The number of hydrogen-bond donors (Lipinski definition) is 1. The molecule has 0 aromatic carbocycles. The van der Waals surface area contributed by atoms with Crippen molar-refractivity contribution in [2.24, 2.45) is 34.6 Å². The zero-order chi connectivity index (χ0) is 15.4. The van der Waals surface area contributed by atoms with E-state index in [0.29, 0.717) is 12.2 Å². The number of rotatable bonds is 3. The van der Waals surface area contributed by atoms with Gasteiger partial charge in [0, 0.05) is 38.5 Å². The number of nitrogens with one attached hydrogen (secondary N) is 1. The minimum absolute atomic E-state index is 0. The van der Waals surface area contributed by atoms with Gasteiger partial charge in [0.2, 0.25) is 0 Å². The van der Waals surface area contributed by atoms with Gasteiger partial charge in [0.15, 0.2) is 5.96 Å². The van der Waals surface area contributed by atoms with Gasteiger partial charge in [0.25, 0.3) is 0 Å². The van der Waals surface area contributed by atoms with Crippen LogP contribution in [0.3, 0.4) is 0 Å². The molecule has 0 spiro atoms. The number of aliphatic imine (C=N–C) groups is 1. The van der Waals surface area contributed by atoms with Crippen LogP contribution < -0.4 is 5.32 Å². The highest BCUT2D eigenvalue weighted by atomic mass is 127. The highest BCUT2D eigenvalue weighted by Gasteiger charge is 2.53. The Kier molecular flexibility index (Phi) is 5.02. The maximum atomic E-state index is 6.09. The van der Waals surface area contributed by atoms with Crippen LogP contribution in [0.2, 0.25) is 0 Å². The standard InChI is InChI=1S/C19H31N3O.HI/c1-20-19(21-7-6-14-9-12-2-3-13(14)8-12)22-10-15-16(11-22)18-5-4-17(15)23-18;/h12-18H,2-11H2,1H3,(H,20,21);1H. The highest BCUT2D eigenvalue weighted by Crippen LogP contribution is 2.49. The Balaban J connectivity index is 0.00000146. The van der Waals surface area contributed by atoms with Crippen LogP contribution in [0.4, 0.5) is 0 Å². The molecule has 4 bridgehead atoms. The van der Waals surface area contributed by atoms with Gasteiger partial charge in [-0.3, -0.25) is 4.99 Å². The Morgan fingerprint density at radius 2 is 1.83 bits per heavy atom. The summed E-state index contributed by atoms with van der Waals surface area (Å²) in [5.41, 5.74) is 0. The van der Waals surface area contributed by atoms with E-state index in [1.165, 1.54) is 44.9 Å². The average Bonchev–Trinajstić information content (AvgIpc) is 3.35. The molecule has 0 aromatic rings. The molecule has 4 nitrogen and oxygen atoms in total. The second-order valence-electron chi connectivity index (χ2n) is 8.72. The van der Waals surface area contributed by atoms with Crippen molar-refractivity contribution in [2.45, 2.75) is 57.2 Å². The molecule has 5 aliphatic rings. The fraction of sp³-hybridized carbons (Fsp3) is 0.947. The monoisotopic (exact) mass is 445 g/mol. The van der Waals surface area contributed by atoms with Crippen molar-refractivity contribution in [3.8, 4) is 0 Å². The van der Waals surface area contributed by atoms with Gasteiger partial charge in [-0.2, -0.15) is 0 Å². The fourth-order valence-corrected chi connectivity index (χ4v) is 6.56. The topological polar surface area (TPSA) is 36.9 Å². The molecular weight excluding hydrogens is 413 g/mol. The first-order valence-corrected chi connectivity index (χ1v) is 9.93. The Hall–Kier alpha value is -0.0400. The minimum Gasteiger partial charge on any atom is -0.374 e. The van der Waals surface area contributed by atoms with E-state index in [4.69, 9.17) is 4.74 Å². The number of guanidine groups is 1. The van der Waals surface area contributed by atoms with Crippen molar-refractivity contribution < 1.29 is 4.74 Å². The molecule has 7 unspecified atom stereocenters. The maximum Gasteiger partial charge on any atom is 0.193 e. The van der Waals surface area contributed by atoms with Crippen molar-refractivity contribution in [1.29, 1.82) is 0 Å². The lowest BCUT2D eigenvalue weighted by Crippen LogP contribution is -2.42. The third-order valence-electron chi connectivity index (χ3n) is 7.65. The predicted molar refractivity (Wildman–Crippen MR) is 107 cm³/mol. The molecule has 0 radical (unpaired) electrons. The van der Waals surface area contributed by atoms with Crippen molar-refractivity contribution in [3.05, 3.63) is 0 Å². The molecule has 24 heavy (non-hydrogen) atoms. The second kappa shape index (κ2) is 6.93. The normalized spacial score (nSPS) is 45.6. The number of hydrogen-bond acceptors (Lipinski definition) is 2. The van der Waals surface area contributed by atoms with Crippen LogP contribution in [0.25, 0.3) is 0 Å². The van der Waals surface area contributed by atoms with E-state index in [1.54, 1.807) is 0 Å². The lowest BCUT2D eigenvalue weighted by Gasteiger charge is -2.25. The lowest BCUT2D eigenvalue weighted by atomic mass is 9.82. The van der Waals surface area contributed by atoms with Crippen LogP contribution in [0.5, 0.6) is 0 Å². The molecule has 3 aliphatic heterocycles. The van der Waals surface area contributed by atoms with Gasteiger partial charge in [-0.05, 0) is 56.3 Å². The van der Waals surface area contributed by atoms with Crippen LogP contribution in [0, 0.1) is 29.6 Å². The third kappa shape index (κ3) is 2.87. The third-order valence-corrected chi connectivity index (χ3v) is 7.65. The summed E-state index contributed by atoms with van der Waals surface area (Å²) in [6, 6.07) is 0. The Labute approximate surface area is 163 Å². The summed E-state index contributed by atoms with van der Waals surface area (Å²) in [7, 11) is 1.94. The van der Waals surface area contributed by atoms with Gasteiger partial charge >= 0.3 is 0 Å². The highest BCUT2D eigenvalue weighted by molar-refractivity contribution is 14.0. The molecule has 5 rings (SSSR count). The lowest BCUT2D eigenvalue weighted by molar-refractivity contribution is 0.0767. The van der Waals surface area contributed by atoms with Gasteiger partial charge in [0.1, 0.15) is 0 Å². The van der Waals surface area contributed by atoms with E-state index >= 15 is 0 Å². The quantitative estimate of drug-likeness (QED) is 0.412. The van der Waals surface area contributed by atoms with E-state index in [1.807, 2.05) is 7.05 Å². The zero-order valence-electron chi connectivity index (χ0n) is 14.8. The van der Waals surface area contributed by atoms with Gasteiger partial charge in [-0.1, -0.05) is 6.42 Å². The van der Waals surface area contributed by atoms with Crippen LogP contribution in [0.15, 0.2) is 4.99 Å². The van der Waals surface area contributed by atoms with Crippen LogP contribution in [-0.2, 0) is 4.74 Å². The first kappa shape index (κ1) is 17.4. The molecule has 3 heterocycles. The summed E-state index contributed by atoms with van der Waals surface area (Å²) in [6.07, 6.45) is 11.0. The summed E-state index contributed by atoms with van der Waals surface area (Å²) in [4.78, 5) is 7.07. The fourth-order valence-electron chi connectivity index (χ4n) is 6.56. The maximum absolute atomic E-state index is 6.09. The van der Waals surface area contributed by atoms with E-state index < -0.39 is 0 Å². The van der Waals surface area contributed by atoms with Crippen LogP contribution in [0.1, 0.15) is 44.9 Å². The molecular formula is C19H32IN3O. The average molecular weight is 445 g/mol. The molecule has 0 aromatic heterocycles. The summed E-state index contributed by atoms with van der Waals surface area (Å²) >= 11 is 0. The number of likely N-dealkylation sites (tertiary alicyclic amines) is 1. The van der Waals surface area contributed by atoms with Crippen molar-refractivity contribution in [3.63, 3.8) is 0 Å². The molecule has 136 valence electrons. The minimum atomic E-state index is 0. The summed E-state index contributed by atoms with van der Waals surface area (Å²) < 4.78 is 6.09. The molecule has 5 heteroatoms. The number of halogens is 1. The number of nitrogens with zero attached hydrogens (tertiary/aromatic N) is 2. The molecule has 2 aliphatic carbocycles. The van der Waals surface area contributed by atoms with Crippen molar-refractivity contribution in [2.75, 3.05) is 26.7 Å². The molecule has 0 amide bonds. The van der Waals surface area contributed by atoms with Gasteiger partial charge in [-0.25, -0.2) is 0 Å². The van der Waals surface area contributed by atoms with Crippen LogP contribution in [-0.4, -0.2) is 49.7 Å². The van der Waals surface area contributed by atoms with Gasteiger partial charge < -0.3 is 15.0 Å². The number of ether oxygens (including phenoxy) is 1. The van der Waals surface area contributed by atoms with Gasteiger partial charge in [-0.15, -0.1) is 24.0 Å². The van der Waals surface area contributed by atoms with Crippen LogP contribution >= 0.6 is 24.0 Å². The van der Waals surface area contributed by atoms with Gasteiger partial charge in [0.05, 0.1) is 12.2 Å². The first-order valence-electron chi connectivity index (χ1n) is 9.93. The molecule has 5 fully saturated rings. The largest absolute Gasteiger partial charge is 0.374 e. The predicted octanol–water partition coefficient (Wildman–Crippen LogP) is 3.12. The van der Waals surface area contributed by atoms with Crippen molar-refractivity contribution in [1.82, 2.24) is 10.2 Å². The van der Waals surface area contributed by atoms with E-state index in [0.717, 1.165) is 55.2 Å². The zero-order valence-corrected chi connectivity index (χ0v) is 17.2. The molecule has 7 atom stereocenters. The summed E-state index contributed by atoms with van der Waals surface area (Å²) in [5.74, 6) is 5.76. The van der Waals surface area contributed by atoms with Crippen molar-refractivity contribution >= 4 is 29.9 Å². The molecule has 1 N–H and O–H groups in total. The molecule has 2 saturated carbocycles. The van der Waals surface area contributed by atoms with E-state index in [2.05, 4.69) is 15.2 Å². The van der Waals surface area contributed by atoms with E-state index in [9.17, 15) is 0 Å². The molecule has 3 saturated heterocycles. The smallest absolute Gasteiger partial charge is 0.193 e. The second-order valence-corrected chi connectivity index (χ2v) is 8.72. The van der Waals surface area contributed by atoms with E-state index in [-0.39, 0.29) is 24.0 Å². The summed E-state index contributed by atoms with van der Waals surface area (Å²) in [5, 5.41) is 3.67. The first-order chi connectivity index (χ1) is 11.3. The Morgan fingerprint density at radius 3 is 2.42 bits per heavy atom. The Bertz CT molecular complexity index is 481.